The molecule has 0 saturated heterocycles. The van der Waals surface area contributed by atoms with E-state index in [4.69, 9.17) is 4.74 Å². The first-order valence-corrected chi connectivity index (χ1v) is 9.97. The number of imide groups is 1. The highest BCUT2D eigenvalue weighted by Gasteiger charge is 2.21. The zero-order valence-electron chi connectivity index (χ0n) is 16.3. The van der Waals surface area contributed by atoms with Crippen molar-refractivity contribution in [1.29, 1.82) is 0 Å². The van der Waals surface area contributed by atoms with E-state index in [2.05, 4.69) is 10.6 Å². The molecular weight excluding hydrogens is 368 g/mol. The van der Waals surface area contributed by atoms with Crippen molar-refractivity contribution < 1.29 is 19.1 Å². The van der Waals surface area contributed by atoms with Crippen molar-refractivity contribution in [1.82, 2.24) is 10.6 Å². The van der Waals surface area contributed by atoms with Crippen molar-refractivity contribution in [2.45, 2.75) is 44.1 Å². The fraction of sp³-hybridized carbons (Fsp3) is 0.348. The summed E-state index contributed by atoms with van der Waals surface area (Å²) in [7, 11) is 0. The number of carbonyl (C=O) groups excluding carboxylic acids is 3. The fourth-order valence-corrected chi connectivity index (χ4v) is 3.62. The third kappa shape index (κ3) is 6.45. The summed E-state index contributed by atoms with van der Waals surface area (Å²) in [5, 5.41) is 4.97. The van der Waals surface area contributed by atoms with Gasteiger partial charge in [-0.25, -0.2) is 4.79 Å². The number of amides is 3. The van der Waals surface area contributed by atoms with Gasteiger partial charge in [0.25, 0.3) is 5.91 Å². The number of urea groups is 1. The van der Waals surface area contributed by atoms with Gasteiger partial charge in [0.15, 0.2) is 6.61 Å². The minimum Gasteiger partial charge on any atom is -0.456 e. The van der Waals surface area contributed by atoms with Gasteiger partial charge in [-0.3, -0.25) is 14.9 Å². The van der Waals surface area contributed by atoms with Crippen LogP contribution in [0.4, 0.5) is 4.79 Å². The summed E-state index contributed by atoms with van der Waals surface area (Å²) in [6, 6.07) is 19.0. The summed E-state index contributed by atoms with van der Waals surface area (Å²) in [5.41, 5.74) is 1.99. The maximum atomic E-state index is 12.4. The second-order valence-corrected chi connectivity index (χ2v) is 7.24. The first kappa shape index (κ1) is 20.6. The molecule has 0 unspecified atom stereocenters. The van der Waals surface area contributed by atoms with Crippen LogP contribution in [0.5, 0.6) is 0 Å². The maximum Gasteiger partial charge on any atom is 0.321 e. The molecule has 1 aliphatic carbocycles. The molecule has 152 valence electrons. The predicted octanol–water partition coefficient (Wildman–Crippen LogP) is 3.52. The number of carbonyl (C=O) groups is 3. The quantitative estimate of drug-likeness (QED) is 0.704. The Morgan fingerprint density at radius 1 is 0.897 bits per heavy atom. The molecule has 0 aromatic heterocycles. The van der Waals surface area contributed by atoms with Gasteiger partial charge in [-0.1, -0.05) is 73.5 Å². The number of hydrogen-bond donors (Lipinski definition) is 2. The van der Waals surface area contributed by atoms with Crippen LogP contribution in [0.2, 0.25) is 0 Å². The molecule has 0 radical (unpaired) electrons. The van der Waals surface area contributed by atoms with Gasteiger partial charge in [0.05, 0.1) is 6.42 Å². The minimum atomic E-state index is -0.634. The smallest absolute Gasteiger partial charge is 0.321 e. The van der Waals surface area contributed by atoms with E-state index in [1.165, 1.54) is 0 Å². The third-order valence-corrected chi connectivity index (χ3v) is 5.08. The van der Waals surface area contributed by atoms with E-state index in [-0.39, 0.29) is 18.4 Å². The Labute approximate surface area is 170 Å². The monoisotopic (exact) mass is 394 g/mol. The van der Waals surface area contributed by atoms with Crippen LogP contribution in [-0.2, 0) is 14.3 Å². The Morgan fingerprint density at radius 2 is 1.45 bits per heavy atom. The van der Waals surface area contributed by atoms with Gasteiger partial charge in [0.2, 0.25) is 0 Å². The van der Waals surface area contributed by atoms with Crippen molar-refractivity contribution in [3.05, 3.63) is 71.8 Å². The number of benzene rings is 2. The van der Waals surface area contributed by atoms with Crippen molar-refractivity contribution in [3.8, 4) is 0 Å². The summed E-state index contributed by atoms with van der Waals surface area (Å²) >= 11 is 0. The normalized spacial score (nSPS) is 13.8. The Morgan fingerprint density at radius 3 is 2.00 bits per heavy atom. The summed E-state index contributed by atoms with van der Waals surface area (Å²) in [6.07, 6.45) is 4.13. The van der Waals surface area contributed by atoms with E-state index in [1.807, 2.05) is 60.7 Å². The Bertz CT molecular complexity index is 778. The molecule has 0 bridgehead atoms. The van der Waals surface area contributed by atoms with E-state index in [0.29, 0.717) is 0 Å². The molecular formula is C23H26N2O4. The van der Waals surface area contributed by atoms with E-state index < -0.39 is 24.5 Å². The van der Waals surface area contributed by atoms with Crippen molar-refractivity contribution in [2.75, 3.05) is 6.61 Å². The van der Waals surface area contributed by atoms with Crippen LogP contribution in [-0.4, -0.2) is 30.6 Å². The summed E-state index contributed by atoms with van der Waals surface area (Å²) < 4.78 is 5.12. The second kappa shape index (κ2) is 10.4. The molecule has 0 heterocycles. The lowest BCUT2D eigenvalue weighted by Gasteiger charge is -2.17. The first-order chi connectivity index (χ1) is 14.1. The van der Waals surface area contributed by atoms with Crippen LogP contribution in [0, 0.1) is 0 Å². The molecule has 6 heteroatoms. The van der Waals surface area contributed by atoms with Gasteiger partial charge < -0.3 is 10.1 Å². The largest absolute Gasteiger partial charge is 0.456 e. The topological polar surface area (TPSA) is 84.5 Å². The molecule has 1 fully saturated rings. The predicted molar refractivity (Wildman–Crippen MR) is 109 cm³/mol. The zero-order valence-corrected chi connectivity index (χ0v) is 16.3. The maximum absolute atomic E-state index is 12.4. The Hall–Kier alpha value is -3.15. The number of hydrogen-bond acceptors (Lipinski definition) is 4. The lowest BCUT2D eigenvalue weighted by molar-refractivity contribution is -0.148. The Kier molecular flexibility index (Phi) is 7.39. The number of esters is 1. The van der Waals surface area contributed by atoms with Gasteiger partial charge in [-0.05, 0) is 24.0 Å². The van der Waals surface area contributed by atoms with Gasteiger partial charge in [-0.2, -0.15) is 0 Å². The number of ether oxygens (including phenoxy) is 1. The van der Waals surface area contributed by atoms with Crippen molar-refractivity contribution in [2.24, 2.45) is 0 Å². The van der Waals surface area contributed by atoms with Crippen LogP contribution < -0.4 is 10.6 Å². The van der Waals surface area contributed by atoms with Crippen LogP contribution in [0.3, 0.4) is 0 Å². The first-order valence-electron chi connectivity index (χ1n) is 9.97. The van der Waals surface area contributed by atoms with Crippen LogP contribution in [0.15, 0.2) is 60.7 Å². The highest BCUT2D eigenvalue weighted by molar-refractivity contribution is 5.95. The lowest BCUT2D eigenvalue weighted by Crippen LogP contribution is -2.45. The molecule has 3 amide bonds. The number of nitrogens with one attached hydrogen (secondary N) is 2. The Balaban J connectivity index is 1.51. The molecule has 29 heavy (non-hydrogen) atoms. The minimum absolute atomic E-state index is 0.107. The molecule has 2 aromatic carbocycles. The highest BCUT2D eigenvalue weighted by atomic mass is 16.5. The average Bonchev–Trinajstić information content (AvgIpc) is 3.24. The van der Waals surface area contributed by atoms with Gasteiger partial charge in [-0.15, -0.1) is 0 Å². The standard InChI is InChI=1S/C23H26N2O4/c26-21(25-23(28)24-19-13-7-8-14-19)16-29-22(27)15-20(17-9-3-1-4-10-17)18-11-5-2-6-12-18/h1-6,9-12,19-20H,7-8,13-16H2,(H2,24,25,26,28). The highest BCUT2D eigenvalue weighted by Crippen LogP contribution is 2.28. The van der Waals surface area contributed by atoms with Crippen LogP contribution >= 0.6 is 0 Å². The summed E-state index contributed by atoms with van der Waals surface area (Å²) in [5.74, 6) is -1.29. The average molecular weight is 394 g/mol. The number of rotatable bonds is 7. The van der Waals surface area contributed by atoms with Crippen molar-refractivity contribution in [3.63, 3.8) is 0 Å². The van der Waals surface area contributed by atoms with Crippen LogP contribution in [0.25, 0.3) is 0 Å². The molecule has 6 nitrogen and oxygen atoms in total. The second-order valence-electron chi connectivity index (χ2n) is 7.24. The lowest BCUT2D eigenvalue weighted by atomic mass is 9.89. The van der Waals surface area contributed by atoms with E-state index in [9.17, 15) is 14.4 Å². The van der Waals surface area contributed by atoms with Gasteiger partial charge >= 0.3 is 12.0 Å². The van der Waals surface area contributed by atoms with Crippen molar-refractivity contribution >= 4 is 17.9 Å². The zero-order chi connectivity index (χ0) is 20.5. The third-order valence-electron chi connectivity index (χ3n) is 5.08. The summed E-state index contributed by atoms with van der Waals surface area (Å²) in [4.78, 5) is 36.1. The molecule has 2 aromatic rings. The molecule has 2 N–H and O–H groups in total. The fourth-order valence-electron chi connectivity index (χ4n) is 3.62. The van der Waals surface area contributed by atoms with Gasteiger partial charge in [0, 0.05) is 12.0 Å². The van der Waals surface area contributed by atoms with E-state index in [1.54, 1.807) is 0 Å². The molecule has 0 atom stereocenters. The molecule has 1 aliphatic rings. The molecule has 0 spiro atoms. The van der Waals surface area contributed by atoms with Gasteiger partial charge in [0.1, 0.15) is 0 Å². The summed E-state index contributed by atoms with van der Waals surface area (Å²) in [6.45, 7) is -0.479. The van der Waals surface area contributed by atoms with E-state index in [0.717, 1.165) is 36.8 Å². The van der Waals surface area contributed by atoms with E-state index >= 15 is 0 Å². The molecule has 1 saturated carbocycles. The van der Waals surface area contributed by atoms with Crippen LogP contribution in [0.1, 0.15) is 49.1 Å². The molecule has 3 rings (SSSR count). The molecule has 0 aliphatic heterocycles. The SMILES string of the molecule is O=C(COC(=O)CC(c1ccccc1)c1ccccc1)NC(=O)NC1CCCC1.